The summed E-state index contributed by atoms with van der Waals surface area (Å²) in [5.41, 5.74) is 13.0. The van der Waals surface area contributed by atoms with E-state index in [9.17, 15) is 24.0 Å². The Bertz CT molecular complexity index is 3780. The monoisotopic (exact) mass is 1100 g/mol. The quantitative estimate of drug-likeness (QED) is 0.0550. The number of carbonyl (C=O) groups is 5. The van der Waals surface area contributed by atoms with Crippen molar-refractivity contribution in [1.82, 2.24) is 58.8 Å². The maximum atomic E-state index is 16.5. The fourth-order valence-corrected chi connectivity index (χ4v) is 13.4. The Morgan fingerprint density at radius 2 is 1.74 bits per heavy atom. The van der Waals surface area contributed by atoms with Gasteiger partial charge in [0, 0.05) is 98.2 Å². The first-order chi connectivity index (χ1) is 39.8. The number of imide groups is 2. The number of imidazole rings is 1. The average Bonchev–Trinajstić information content (AvgIpc) is 2.66. The molecule has 418 valence electrons. The smallest absolute Gasteiger partial charge is 0.264 e. The third kappa shape index (κ3) is 9.58. The van der Waals surface area contributed by atoms with Gasteiger partial charge in [0.15, 0.2) is 23.2 Å². The Kier molecular flexibility index (Phi) is 13.6. The number of nitrogens with zero attached hydrogens (tertiary/aromatic N) is 12. The van der Waals surface area contributed by atoms with E-state index in [0.29, 0.717) is 59.5 Å². The molecule has 13 rings (SSSR count). The van der Waals surface area contributed by atoms with Gasteiger partial charge in [0.1, 0.15) is 41.6 Å². The van der Waals surface area contributed by atoms with Crippen LogP contribution in [0.4, 0.5) is 27.4 Å². The molecule has 4 N–H and O–H groups in total. The number of aryl methyl sites for hydroxylation is 1. The fraction of sp³-hybridized carbons (Fsp3) is 0.377. The first kappa shape index (κ1) is 52.5. The van der Waals surface area contributed by atoms with Crippen molar-refractivity contribution in [2.75, 3.05) is 68.3 Å². The summed E-state index contributed by atoms with van der Waals surface area (Å²) in [6, 6.07) is 21.8. The number of anilines is 3. The van der Waals surface area contributed by atoms with E-state index in [1.807, 2.05) is 75.9 Å². The first-order valence-electron chi connectivity index (χ1n) is 28.4. The summed E-state index contributed by atoms with van der Waals surface area (Å²) in [7, 11) is 0. The normalized spacial score (nSPS) is 22.2. The van der Waals surface area contributed by atoms with Crippen molar-refractivity contribution in [3.05, 3.63) is 131 Å². The number of halogens is 1. The molecule has 11 heterocycles. The summed E-state index contributed by atoms with van der Waals surface area (Å²) in [5, 5.41) is 10.2. The predicted octanol–water partition coefficient (Wildman–Crippen LogP) is 6.03. The number of pyridine rings is 3. The topological polar surface area (TPSA) is 223 Å². The van der Waals surface area contributed by atoms with Gasteiger partial charge in [0.2, 0.25) is 17.7 Å². The van der Waals surface area contributed by atoms with Crippen LogP contribution >= 0.6 is 0 Å². The number of hydrogen-bond donors (Lipinski definition) is 3. The average molecular weight is 1110 g/mol. The van der Waals surface area contributed by atoms with Crippen LogP contribution in [0.1, 0.15) is 95.6 Å². The molecular weight excluding hydrogens is 1040 g/mol. The number of hydrogen-bond acceptors (Lipinski definition) is 14. The summed E-state index contributed by atoms with van der Waals surface area (Å²) < 4.78 is 21.0. The number of amides is 5. The largest absolute Gasteiger partial charge is 0.384 e. The summed E-state index contributed by atoms with van der Waals surface area (Å²) in [6.07, 6.45) is 11.4. The van der Waals surface area contributed by atoms with Crippen LogP contribution in [-0.4, -0.2) is 149 Å². The van der Waals surface area contributed by atoms with E-state index >= 15 is 4.39 Å². The number of aromatic nitrogens is 7. The summed E-state index contributed by atoms with van der Waals surface area (Å²) >= 11 is 0. The van der Waals surface area contributed by atoms with Crippen molar-refractivity contribution in [2.45, 2.75) is 89.5 Å². The Morgan fingerprint density at radius 3 is 2.51 bits per heavy atom. The lowest BCUT2D eigenvalue weighted by Gasteiger charge is -2.37. The van der Waals surface area contributed by atoms with Gasteiger partial charge in [-0.1, -0.05) is 24.8 Å². The number of quaternary nitrogens is 1. The molecule has 0 saturated carbocycles. The number of nitrogens with two attached hydrogens (primary N) is 1. The minimum atomic E-state index is -1.04. The lowest BCUT2D eigenvalue weighted by Crippen LogP contribution is -2.55. The third-order valence-corrected chi connectivity index (χ3v) is 17.7. The molecule has 0 aliphatic carbocycles. The first-order valence-corrected chi connectivity index (χ1v) is 28.4. The fourth-order valence-electron chi connectivity index (χ4n) is 13.4. The number of piperazine rings is 1. The summed E-state index contributed by atoms with van der Waals surface area (Å²) in [5.74, 6) is 6.54. The van der Waals surface area contributed by atoms with Gasteiger partial charge in [0.25, 0.3) is 11.8 Å². The second-order valence-corrected chi connectivity index (χ2v) is 22.5. The van der Waals surface area contributed by atoms with Crippen LogP contribution in [0.25, 0.3) is 28.1 Å². The van der Waals surface area contributed by atoms with E-state index in [-0.39, 0.29) is 53.7 Å². The molecule has 5 saturated heterocycles. The molecule has 0 radical (unpaired) electrons. The second kappa shape index (κ2) is 21.2. The van der Waals surface area contributed by atoms with Crippen LogP contribution in [0, 0.1) is 30.5 Å². The van der Waals surface area contributed by atoms with Gasteiger partial charge < -0.3 is 20.9 Å². The Balaban J connectivity index is 0.562. The molecule has 0 spiro atoms. The van der Waals surface area contributed by atoms with Crippen molar-refractivity contribution >= 4 is 63.7 Å². The third-order valence-electron chi connectivity index (χ3n) is 17.7. The molecule has 82 heavy (non-hydrogen) atoms. The van der Waals surface area contributed by atoms with E-state index in [4.69, 9.17) is 20.7 Å². The number of nitrogen functional groups attached to an aromatic ring is 1. The number of rotatable bonds is 12. The molecule has 5 aromatic heterocycles. The van der Waals surface area contributed by atoms with Crippen LogP contribution in [0.15, 0.2) is 97.6 Å². The van der Waals surface area contributed by atoms with E-state index < -0.39 is 29.7 Å². The molecule has 5 fully saturated rings. The van der Waals surface area contributed by atoms with Crippen LogP contribution in [0.2, 0.25) is 0 Å². The molecule has 5 amide bonds. The van der Waals surface area contributed by atoms with Gasteiger partial charge in [0.05, 0.1) is 54.4 Å². The zero-order valence-electron chi connectivity index (χ0n) is 45.8. The molecule has 20 nitrogen and oxygen atoms in total. The lowest BCUT2D eigenvalue weighted by molar-refractivity contribution is -0.138. The summed E-state index contributed by atoms with van der Waals surface area (Å²) in [6.45, 7) is 10.4. The van der Waals surface area contributed by atoms with Crippen molar-refractivity contribution in [3.8, 4) is 28.8 Å². The number of carbonyl (C=O) groups excluding carboxylic acids is 5. The highest BCUT2D eigenvalue weighted by atomic mass is 19.1. The van der Waals surface area contributed by atoms with Crippen molar-refractivity contribution in [3.63, 3.8) is 0 Å². The molecule has 7 aromatic rings. The SMILES string of the molecule is CCC1CN(CC#Cc2ccc(N3CCC(C(=O)N4CCC(n5cc(CNc6cccc7c6C(=O)N(C6CCC(=O)NC6=O)C7=O)cn5)CC4)CC3)nc2)CC2C[N+]12c1ccc(-n2c(C)nc3ccc(-c4ccnc(N)c4)nc32)cc1F. The Labute approximate surface area is 473 Å². The zero-order valence-corrected chi connectivity index (χ0v) is 45.8. The number of piperidine rings is 3. The lowest BCUT2D eigenvalue weighted by atomic mass is 9.93. The van der Waals surface area contributed by atoms with E-state index in [1.54, 1.807) is 42.7 Å². The number of likely N-dealkylation sites (tertiary alicyclic amines) is 1. The molecule has 6 aliphatic rings. The second-order valence-electron chi connectivity index (χ2n) is 22.5. The minimum Gasteiger partial charge on any atom is -0.384 e. The van der Waals surface area contributed by atoms with Gasteiger partial charge in [-0.05, 0) is 100 Å². The van der Waals surface area contributed by atoms with Crippen LogP contribution < -0.4 is 25.8 Å². The number of fused-ring (bicyclic) bond motifs is 3. The van der Waals surface area contributed by atoms with Crippen LogP contribution in [-0.2, 0) is 20.9 Å². The molecule has 2 aromatic carbocycles. The van der Waals surface area contributed by atoms with E-state index in [2.05, 4.69) is 49.3 Å². The highest BCUT2D eigenvalue weighted by Crippen LogP contribution is 2.47. The van der Waals surface area contributed by atoms with Gasteiger partial charge in [-0.15, -0.1) is 0 Å². The van der Waals surface area contributed by atoms with Gasteiger partial charge in [-0.25, -0.2) is 24.3 Å². The van der Waals surface area contributed by atoms with Crippen molar-refractivity contribution < 1.29 is 28.4 Å². The van der Waals surface area contributed by atoms with Crippen LogP contribution in [0.5, 0.6) is 0 Å². The highest BCUT2D eigenvalue weighted by Gasteiger charge is 2.65. The molecule has 0 bridgehead atoms. The predicted molar refractivity (Wildman–Crippen MR) is 306 cm³/mol. The highest BCUT2D eigenvalue weighted by molar-refractivity contribution is 6.25. The van der Waals surface area contributed by atoms with Gasteiger partial charge in [-0.2, -0.15) is 5.10 Å². The Morgan fingerprint density at radius 1 is 0.902 bits per heavy atom. The molecule has 4 unspecified atom stereocenters. The molecule has 4 atom stereocenters. The van der Waals surface area contributed by atoms with E-state index in [0.717, 1.165) is 115 Å². The molecule has 6 aliphatic heterocycles. The molecular formula is C61H63FN15O5+. The maximum absolute atomic E-state index is 16.5. The number of benzene rings is 2. The maximum Gasteiger partial charge on any atom is 0.264 e. The standard InChI is InChI=1S/C61H62FN15O5/c1-3-44-34-71(35-45-36-77(44,45)52-14-10-43(29-47(52)62)75-37(2)68-50-12-11-48(69-57(50)75)41-17-22-64-53(63)28-41)23-5-6-38-9-15-54(66-30-38)72-24-18-40(19-25-72)59(80)73-26-20-42(21-27-73)74-33-39(32-67-74)31-65-49-8-4-7-46-56(49)61(82)76(60(46)81)51-13-16-55(78)70-58(51)79/h4,7-12,14-15,17,22,28-30,32-33,40,42,44-45,51H,3,13,16,18-21,23-27,31,34-36H2,1-2H3,(H3-,63,64,65,70,78,79,82)/p+1. The van der Waals surface area contributed by atoms with Gasteiger partial charge in [-0.3, -0.25) is 52.8 Å². The van der Waals surface area contributed by atoms with E-state index in [1.165, 1.54) is 0 Å². The molecule has 21 heteroatoms. The number of nitrogens with one attached hydrogen (secondary N) is 2. The Hall–Kier alpha value is -8.87. The van der Waals surface area contributed by atoms with Crippen molar-refractivity contribution in [1.29, 1.82) is 0 Å². The zero-order chi connectivity index (χ0) is 56.4. The van der Waals surface area contributed by atoms with Crippen molar-refractivity contribution in [2.24, 2.45) is 5.92 Å². The summed E-state index contributed by atoms with van der Waals surface area (Å²) in [4.78, 5) is 91.2. The minimum absolute atomic E-state index is 0.0369. The van der Waals surface area contributed by atoms with Crippen LogP contribution in [0.3, 0.4) is 0 Å². The van der Waals surface area contributed by atoms with Gasteiger partial charge >= 0.3 is 0 Å².